The van der Waals surface area contributed by atoms with Crippen LogP contribution in [0.15, 0.2) is 48.6 Å². The van der Waals surface area contributed by atoms with Crippen molar-refractivity contribution in [1.82, 2.24) is 0 Å². The number of hydrogen-bond donors (Lipinski definition) is 0. The van der Waals surface area contributed by atoms with Crippen molar-refractivity contribution in [2.45, 2.75) is 110 Å². The Morgan fingerprint density at radius 2 is 1.35 bits per heavy atom. The molecule has 1 aromatic rings. The maximum absolute atomic E-state index is 8.47. The van der Waals surface area contributed by atoms with Gasteiger partial charge in [-0.2, -0.15) is 5.26 Å². The zero-order valence-electron chi connectivity index (χ0n) is 20.0. The molecule has 0 spiro atoms. The lowest BCUT2D eigenvalue weighted by atomic mass is 9.78. The first-order valence-corrected chi connectivity index (χ1v) is 13.1. The molecule has 0 unspecified atom stereocenters. The molecule has 0 radical (unpaired) electrons. The van der Waals surface area contributed by atoms with Gasteiger partial charge in [-0.3, -0.25) is 0 Å². The fourth-order valence-corrected chi connectivity index (χ4v) is 4.98. The second-order valence-electron chi connectivity index (χ2n) is 9.61. The third-order valence-electron chi connectivity index (χ3n) is 7.05. The number of aryl methyl sites for hydroxylation is 2. The lowest BCUT2D eigenvalue weighted by Crippen LogP contribution is -2.14. The maximum Gasteiger partial charge on any atom is 0.0912 e. The van der Waals surface area contributed by atoms with Crippen molar-refractivity contribution in [3.63, 3.8) is 0 Å². The van der Waals surface area contributed by atoms with Crippen LogP contribution in [-0.4, -0.2) is 0 Å². The van der Waals surface area contributed by atoms with E-state index in [1.165, 1.54) is 114 Å². The molecule has 1 fully saturated rings. The summed E-state index contributed by atoms with van der Waals surface area (Å²) in [6.07, 6.45) is 29.3. The van der Waals surface area contributed by atoms with Crippen LogP contribution in [0.2, 0.25) is 0 Å². The molecule has 1 aliphatic carbocycles. The second kappa shape index (κ2) is 16.8. The molecule has 1 aliphatic rings. The zero-order valence-corrected chi connectivity index (χ0v) is 20.0. The van der Waals surface area contributed by atoms with Gasteiger partial charge in [0.1, 0.15) is 0 Å². The Kier molecular flexibility index (Phi) is 13.8. The van der Waals surface area contributed by atoms with Gasteiger partial charge in [0, 0.05) is 6.08 Å². The molecular formula is C30H45N. The van der Waals surface area contributed by atoms with E-state index in [1.807, 2.05) is 18.2 Å². The summed E-state index contributed by atoms with van der Waals surface area (Å²) in [6.45, 7) is 2.28. The number of nitrogens with zero attached hydrogens (tertiary/aromatic N) is 1. The van der Waals surface area contributed by atoms with Crippen molar-refractivity contribution in [3.05, 3.63) is 59.7 Å². The quantitative estimate of drug-likeness (QED) is 0.158. The van der Waals surface area contributed by atoms with Crippen LogP contribution in [0.3, 0.4) is 0 Å². The minimum Gasteiger partial charge on any atom is -0.193 e. The molecule has 0 atom stereocenters. The molecule has 0 bridgehead atoms. The van der Waals surface area contributed by atoms with Gasteiger partial charge in [0.25, 0.3) is 0 Å². The van der Waals surface area contributed by atoms with Gasteiger partial charge in [-0.1, -0.05) is 114 Å². The molecule has 0 heterocycles. The lowest BCUT2D eigenvalue weighted by Gasteiger charge is -2.28. The molecule has 170 valence electrons. The molecule has 0 saturated heterocycles. The van der Waals surface area contributed by atoms with Crippen LogP contribution in [-0.2, 0) is 12.8 Å². The van der Waals surface area contributed by atoms with E-state index in [9.17, 15) is 0 Å². The second-order valence-corrected chi connectivity index (χ2v) is 9.61. The monoisotopic (exact) mass is 419 g/mol. The number of hydrogen-bond acceptors (Lipinski definition) is 1. The Morgan fingerprint density at radius 1 is 0.774 bits per heavy atom. The summed E-state index contributed by atoms with van der Waals surface area (Å²) < 4.78 is 0. The van der Waals surface area contributed by atoms with Gasteiger partial charge in [-0.15, -0.1) is 0 Å². The third kappa shape index (κ3) is 12.0. The predicted octanol–water partition coefficient (Wildman–Crippen LogP) is 9.13. The maximum atomic E-state index is 8.47. The predicted molar refractivity (Wildman–Crippen MR) is 135 cm³/mol. The van der Waals surface area contributed by atoms with E-state index in [0.717, 1.165) is 18.3 Å². The van der Waals surface area contributed by atoms with Crippen molar-refractivity contribution >= 4 is 0 Å². The Balaban J connectivity index is 1.50. The summed E-state index contributed by atoms with van der Waals surface area (Å²) in [5.74, 6) is 1.89. The first-order valence-electron chi connectivity index (χ1n) is 13.1. The number of rotatable bonds is 15. The lowest BCUT2D eigenvalue weighted by molar-refractivity contribution is 0.250. The Labute approximate surface area is 192 Å². The number of nitriles is 1. The smallest absolute Gasteiger partial charge is 0.0912 e. The molecule has 31 heavy (non-hydrogen) atoms. The molecule has 0 aliphatic heterocycles. The van der Waals surface area contributed by atoms with Crippen molar-refractivity contribution in [2.75, 3.05) is 0 Å². The number of allylic oxidation sites excluding steroid dienone is 4. The third-order valence-corrected chi connectivity index (χ3v) is 7.05. The summed E-state index contributed by atoms with van der Waals surface area (Å²) in [5.41, 5.74) is 3.04. The van der Waals surface area contributed by atoms with Crippen LogP contribution in [0.4, 0.5) is 0 Å². The molecule has 1 heteroatoms. The average Bonchev–Trinajstić information content (AvgIpc) is 2.81. The summed E-state index contributed by atoms with van der Waals surface area (Å²) in [7, 11) is 0. The van der Waals surface area contributed by atoms with Crippen molar-refractivity contribution in [2.24, 2.45) is 11.8 Å². The van der Waals surface area contributed by atoms with Gasteiger partial charge < -0.3 is 0 Å². The van der Waals surface area contributed by atoms with E-state index in [4.69, 9.17) is 5.26 Å². The van der Waals surface area contributed by atoms with Gasteiger partial charge in [0.2, 0.25) is 0 Å². The Hall–Kier alpha value is -1.81. The van der Waals surface area contributed by atoms with E-state index in [0.29, 0.717) is 0 Å². The highest BCUT2D eigenvalue weighted by atomic mass is 14.3. The van der Waals surface area contributed by atoms with Crippen LogP contribution < -0.4 is 0 Å². The van der Waals surface area contributed by atoms with Crippen molar-refractivity contribution < 1.29 is 0 Å². The molecule has 1 aromatic carbocycles. The summed E-state index contributed by atoms with van der Waals surface area (Å²) in [6, 6.07) is 11.5. The minimum atomic E-state index is 0.922. The SMILES string of the molecule is CCCCCCCc1ccc(CCCCC2CCC(CCC=CC=CC#N)CC2)cc1. The topological polar surface area (TPSA) is 23.8 Å². The summed E-state index contributed by atoms with van der Waals surface area (Å²) in [5, 5.41) is 8.47. The molecule has 0 amide bonds. The minimum absolute atomic E-state index is 0.922. The van der Waals surface area contributed by atoms with Crippen molar-refractivity contribution in [1.29, 1.82) is 5.26 Å². The first kappa shape index (κ1) is 25.5. The van der Waals surface area contributed by atoms with E-state index >= 15 is 0 Å². The van der Waals surface area contributed by atoms with Gasteiger partial charge in [-0.25, -0.2) is 0 Å². The van der Waals surface area contributed by atoms with Gasteiger partial charge in [0.05, 0.1) is 6.07 Å². The van der Waals surface area contributed by atoms with Crippen molar-refractivity contribution in [3.8, 4) is 6.07 Å². The molecule has 2 rings (SSSR count). The van der Waals surface area contributed by atoms with Gasteiger partial charge in [-0.05, 0) is 61.5 Å². The van der Waals surface area contributed by atoms with Gasteiger partial charge in [0.15, 0.2) is 0 Å². The summed E-state index contributed by atoms with van der Waals surface area (Å²) >= 11 is 0. The Morgan fingerprint density at radius 3 is 1.97 bits per heavy atom. The average molecular weight is 420 g/mol. The molecular weight excluding hydrogens is 374 g/mol. The standard InChI is InChI=1S/C30H45N/c1-2-3-4-6-9-14-27-18-22-29(23-19-27)16-11-12-17-30-24-20-28(21-25-30)15-10-7-5-8-13-26-31/h5,7-8,13,18-19,22-23,28,30H,2-4,6,9-12,14-17,20-21,24-25H2,1H3. The number of unbranched alkanes of at least 4 members (excludes halogenated alkanes) is 5. The van der Waals surface area contributed by atoms with Crippen LogP contribution in [0.1, 0.15) is 108 Å². The molecule has 1 saturated carbocycles. The van der Waals surface area contributed by atoms with Crippen LogP contribution >= 0.6 is 0 Å². The van der Waals surface area contributed by atoms with Gasteiger partial charge >= 0.3 is 0 Å². The highest BCUT2D eigenvalue weighted by molar-refractivity contribution is 5.22. The van der Waals surface area contributed by atoms with E-state index in [-0.39, 0.29) is 0 Å². The van der Waals surface area contributed by atoms with E-state index in [1.54, 1.807) is 0 Å². The van der Waals surface area contributed by atoms with Crippen LogP contribution in [0.5, 0.6) is 0 Å². The van der Waals surface area contributed by atoms with Crippen LogP contribution in [0.25, 0.3) is 0 Å². The molecule has 1 nitrogen and oxygen atoms in total. The normalized spacial score (nSPS) is 19.2. The van der Waals surface area contributed by atoms with E-state index in [2.05, 4.69) is 37.3 Å². The van der Waals surface area contributed by atoms with E-state index < -0.39 is 0 Å². The zero-order chi connectivity index (χ0) is 22.0. The molecule has 0 N–H and O–H groups in total. The Bertz CT molecular complexity index is 653. The first-order chi connectivity index (χ1) is 15.3. The molecule has 0 aromatic heterocycles. The summed E-state index contributed by atoms with van der Waals surface area (Å²) in [4.78, 5) is 0. The fraction of sp³-hybridized carbons (Fsp3) is 0.633. The highest BCUT2D eigenvalue weighted by Crippen LogP contribution is 2.34. The highest BCUT2D eigenvalue weighted by Gasteiger charge is 2.20. The fourth-order valence-electron chi connectivity index (χ4n) is 4.98. The van der Waals surface area contributed by atoms with Crippen LogP contribution in [0, 0.1) is 23.2 Å². The largest absolute Gasteiger partial charge is 0.193 e. The number of benzene rings is 1.